The van der Waals surface area contributed by atoms with Gasteiger partial charge in [0.05, 0.1) is 12.6 Å². The van der Waals surface area contributed by atoms with E-state index < -0.39 is 0 Å². The molecule has 1 unspecified atom stereocenters. The Morgan fingerprint density at radius 1 is 1.27 bits per heavy atom. The number of likely N-dealkylation sites (N-methyl/N-ethyl adjacent to an activating group) is 1. The highest BCUT2D eigenvalue weighted by atomic mass is 35.5. The van der Waals surface area contributed by atoms with Crippen molar-refractivity contribution < 1.29 is 4.74 Å². The van der Waals surface area contributed by atoms with Gasteiger partial charge in [0, 0.05) is 47.3 Å². The highest BCUT2D eigenvalue weighted by Gasteiger charge is 2.29. The molecule has 0 aliphatic carbocycles. The van der Waals surface area contributed by atoms with E-state index in [2.05, 4.69) is 53.3 Å². The number of hydrazine groups is 1. The van der Waals surface area contributed by atoms with E-state index in [1.165, 1.54) is 22.2 Å². The number of rotatable bonds is 7. The minimum Gasteiger partial charge on any atom is -0.494 e. The van der Waals surface area contributed by atoms with Crippen LogP contribution in [0, 0.1) is 0 Å². The monoisotopic (exact) mass is 424 g/mol. The van der Waals surface area contributed by atoms with E-state index in [1.54, 1.807) is 5.01 Å². The van der Waals surface area contributed by atoms with Crippen LogP contribution in [0.3, 0.4) is 0 Å². The van der Waals surface area contributed by atoms with E-state index in [4.69, 9.17) is 22.2 Å². The molecule has 2 aromatic carbocycles. The molecule has 0 saturated carbocycles. The van der Waals surface area contributed by atoms with Gasteiger partial charge in [0.2, 0.25) is 0 Å². The van der Waals surface area contributed by atoms with Gasteiger partial charge in [-0.1, -0.05) is 29.8 Å². The number of halogens is 1. The number of aromatic amines is 1. The summed E-state index contributed by atoms with van der Waals surface area (Å²) in [5.74, 6) is 6.71. The van der Waals surface area contributed by atoms with Crippen LogP contribution in [0.15, 0.2) is 54.7 Å². The molecule has 30 heavy (non-hydrogen) atoms. The number of H-pyrrole nitrogens is 1. The maximum Gasteiger partial charge on any atom is 0.119 e. The van der Waals surface area contributed by atoms with Crippen LogP contribution in [0.1, 0.15) is 36.2 Å². The number of ether oxygens (including phenoxy) is 1. The molecule has 5 nitrogen and oxygen atoms in total. The number of nitrogens with one attached hydrogen (secondary N) is 1. The van der Waals surface area contributed by atoms with Gasteiger partial charge in [-0.2, -0.15) is 0 Å². The SMILES string of the molecule is C/C=C\N(N)CCCOc1ccc(C2c3[nH]c4ccc(Cl)cc4c3CCN2C)cc1. The number of fused-ring (bicyclic) bond motifs is 3. The van der Waals surface area contributed by atoms with Crippen molar-refractivity contribution in [2.75, 3.05) is 26.7 Å². The Bertz CT molecular complexity index is 1030. The first-order chi connectivity index (χ1) is 14.6. The zero-order chi connectivity index (χ0) is 21.1. The van der Waals surface area contributed by atoms with Gasteiger partial charge in [-0.25, -0.2) is 5.84 Å². The topological polar surface area (TPSA) is 57.5 Å². The largest absolute Gasteiger partial charge is 0.494 e. The molecule has 3 N–H and O–H groups in total. The van der Waals surface area contributed by atoms with E-state index in [9.17, 15) is 0 Å². The summed E-state index contributed by atoms with van der Waals surface area (Å²) in [4.78, 5) is 6.04. The average Bonchev–Trinajstić information content (AvgIpc) is 3.09. The molecule has 1 aliphatic rings. The number of nitrogens with zero attached hydrogens (tertiary/aromatic N) is 2. The van der Waals surface area contributed by atoms with E-state index >= 15 is 0 Å². The van der Waals surface area contributed by atoms with Crippen molar-refractivity contribution >= 4 is 22.5 Å². The minimum atomic E-state index is 0.195. The lowest BCUT2D eigenvalue weighted by atomic mass is 9.93. The molecule has 2 heterocycles. The number of nitrogens with two attached hydrogens (primary N) is 1. The molecule has 0 bridgehead atoms. The molecule has 0 spiro atoms. The summed E-state index contributed by atoms with van der Waals surface area (Å²) < 4.78 is 5.89. The standard InChI is InChI=1S/C24H29ClN4O/c1-3-12-29(26)13-4-15-30-19-8-5-17(6-9-19)24-23-20(11-14-28(24)2)21-16-18(25)7-10-22(21)27-23/h3,5-10,12,16,24,27H,4,11,13-15,26H2,1-2H3/b12-3-. The molecule has 0 amide bonds. The van der Waals surface area contributed by atoms with Gasteiger partial charge in [0.15, 0.2) is 0 Å². The van der Waals surface area contributed by atoms with Crippen LogP contribution in [-0.4, -0.2) is 41.6 Å². The summed E-state index contributed by atoms with van der Waals surface area (Å²) in [6.07, 6.45) is 5.68. The van der Waals surface area contributed by atoms with Crippen LogP contribution in [0.2, 0.25) is 5.02 Å². The smallest absolute Gasteiger partial charge is 0.119 e. The van der Waals surface area contributed by atoms with Gasteiger partial charge in [-0.05, 0) is 61.9 Å². The van der Waals surface area contributed by atoms with Gasteiger partial charge in [0.25, 0.3) is 0 Å². The quantitative estimate of drug-likeness (QED) is 0.322. The Labute approximate surface area is 183 Å². The number of benzene rings is 2. The van der Waals surface area contributed by atoms with Crippen molar-refractivity contribution in [2.24, 2.45) is 5.84 Å². The molecule has 6 heteroatoms. The maximum atomic E-state index is 6.25. The van der Waals surface area contributed by atoms with Gasteiger partial charge >= 0.3 is 0 Å². The Hall–Kier alpha value is -2.47. The normalized spacial score (nSPS) is 16.9. The van der Waals surface area contributed by atoms with Gasteiger partial charge < -0.3 is 14.7 Å². The fraction of sp³-hybridized carbons (Fsp3) is 0.333. The van der Waals surface area contributed by atoms with Crippen LogP contribution in [-0.2, 0) is 6.42 Å². The molecule has 0 radical (unpaired) electrons. The third-order valence-electron chi connectivity index (χ3n) is 5.70. The number of hydrogen-bond acceptors (Lipinski definition) is 4. The third-order valence-corrected chi connectivity index (χ3v) is 5.93. The molecular weight excluding hydrogens is 396 g/mol. The second-order valence-electron chi connectivity index (χ2n) is 7.83. The number of hydrogen-bond donors (Lipinski definition) is 2. The Morgan fingerprint density at radius 2 is 2.07 bits per heavy atom. The molecule has 3 aromatic rings. The minimum absolute atomic E-state index is 0.195. The molecular formula is C24H29ClN4O. The Balaban J connectivity index is 1.48. The van der Waals surface area contributed by atoms with Crippen molar-refractivity contribution in [1.29, 1.82) is 0 Å². The highest BCUT2D eigenvalue weighted by molar-refractivity contribution is 6.31. The lowest BCUT2D eigenvalue weighted by Gasteiger charge is -2.33. The van der Waals surface area contributed by atoms with Crippen LogP contribution < -0.4 is 10.6 Å². The second-order valence-corrected chi connectivity index (χ2v) is 8.27. The van der Waals surface area contributed by atoms with Crippen molar-refractivity contribution in [1.82, 2.24) is 14.9 Å². The summed E-state index contributed by atoms with van der Waals surface area (Å²) in [7, 11) is 2.18. The average molecular weight is 425 g/mol. The molecule has 1 atom stereocenters. The van der Waals surface area contributed by atoms with Gasteiger partial charge in [-0.15, -0.1) is 0 Å². The van der Waals surface area contributed by atoms with E-state index in [0.717, 1.165) is 42.2 Å². The van der Waals surface area contributed by atoms with Gasteiger partial charge in [0.1, 0.15) is 5.75 Å². The molecule has 4 rings (SSSR count). The number of aromatic nitrogens is 1. The fourth-order valence-electron chi connectivity index (χ4n) is 4.25. The van der Waals surface area contributed by atoms with E-state index in [-0.39, 0.29) is 6.04 Å². The van der Waals surface area contributed by atoms with E-state index in [0.29, 0.717) is 6.61 Å². The summed E-state index contributed by atoms with van der Waals surface area (Å²) in [6, 6.07) is 14.7. The first kappa shape index (κ1) is 20.8. The number of allylic oxidation sites excluding steroid dienone is 1. The molecule has 1 aliphatic heterocycles. The van der Waals surface area contributed by atoms with E-state index in [1.807, 2.05) is 25.3 Å². The lowest BCUT2D eigenvalue weighted by molar-refractivity contribution is 0.260. The van der Waals surface area contributed by atoms with Crippen molar-refractivity contribution in [2.45, 2.75) is 25.8 Å². The maximum absolute atomic E-state index is 6.25. The first-order valence-corrected chi connectivity index (χ1v) is 10.8. The summed E-state index contributed by atoms with van der Waals surface area (Å²) >= 11 is 6.25. The summed E-state index contributed by atoms with van der Waals surface area (Å²) in [5, 5.41) is 3.70. The zero-order valence-corrected chi connectivity index (χ0v) is 18.3. The molecule has 0 fully saturated rings. The highest BCUT2D eigenvalue weighted by Crippen LogP contribution is 2.38. The molecule has 1 aromatic heterocycles. The summed E-state index contributed by atoms with van der Waals surface area (Å²) in [5.41, 5.74) is 5.05. The lowest BCUT2D eigenvalue weighted by Crippen LogP contribution is -2.32. The Morgan fingerprint density at radius 3 is 2.83 bits per heavy atom. The first-order valence-electron chi connectivity index (χ1n) is 10.4. The van der Waals surface area contributed by atoms with Crippen LogP contribution in [0.25, 0.3) is 10.9 Å². The van der Waals surface area contributed by atoms with Crippen LogP contribution >= 0.6 is 11.6 Å². The summed E-state index contributed by atoms with van der Waals surface area (Å²) in [6.45, 7) is 4.37. The van der Waals surface area contributed by atoms with Crippen molar-refractivity contribution in [3.05, 3.63) is 76.6 Å². The predicted octanol–water partition coefficient (Wildman–Crippen LogP) is 4.88. The van der Waals surface area contributed by atoms with Crippen molar-refractivity contribution in [3.8, 4) is 5.75 Å². The van der Waals surface area contributed by atoms with Gasteiger partial charge in [-0.3, -0.25) is 4.90 Å². The predicted molar refractivity (Wildman–Crippen MR) is 124 cm³/mol. The molecule has 158 valence electrons. The van der Waals surface area contributed by atoms with Crippen LogP contribution in [0.5, 0.6) is 5.75 Å². The molecule has 0 saturated heterocycles. The Kier molecular flexibility index (Phi) is 6.32. The fourth-order valence-corrected chi connectivity index (χ4v) is 4.42. The second kappa shape index (κ2) is 9.13. The zero-order valence-electron chi connectivity index (χ0n) is 17.6. The van der Waals surface area contributed by atoms with Crippen LogP contribution in [0.4, 0.5) is 0 Å². The van der Waals surface area contributed by atoms with Crippen molar-refractivity contribution in [3.63, 3.8) is 0 Å². The third kappa shape index (κ3) is 4.33.